The number of hydrogen-bond donors (Lipinski definition) is 2. The molecule has 5 nitrogen and oxygen atoms in total. The molecule has 23 heavy (non-hydrogen) atoms. The molecule has 124 valence electrons. The van der Waals surface area contributed by atoms with Crippen molar-refractivity contribution >= 4 is 11.9 Å². The van der Waals surface area contributed by atoms with Gasteiger partial charge >= 0.3 is 5.97 Å². The third-order valence-electron chi connectivity index (χ3n) is 4.84. The molecule has 2 aliphatic rings. The van der Waals surface area contributed by atoms with Gasteiger partial charge in [0.25, 0.3) is 5.91 Å². The molecule has 1 saturated carbocycles. The van der Waals surface area contributed by atoms with Crippen molar-refractivity contribution in [2.24, 2.45) is 5.92 Å². The predicted octanol–water partition coefficient (Wildman–Crippen LogP) is 2.31. The van der Waals surface area contributed by atoms with Crippen molar-refractivity contribution in [2.45, 2.75) is 51.0 Å². The van der Waals surface area contributed by atoms with Gasteiger partial charge in [0.1, 0.15) is 5.75 Å². The Kier molecular flexibility index (Phi) is 4.84. The summed E-state index contributed by atoms with van der Waals surface area (Å²) in [6, 6.07) is 6.01. The van der Waals surface area contributed by atoms with E-state index in [-0.39, 0.29) is 24.5 Å². The number of nitrogens with one attached hydrogen (secondary N) is 1. The Hall–Kier alpha value is -2.04. The van der Waals surface area contributed by atoms with Crippen molar-refractivity contribution in [1.29, 1.82) is 0 Å². The molecule has 1 amide bonds. The summed E-state index contributed by atoms with van der Waals surface area (Å²) in [6.45, 7) is -0.0208. The minimum absolute atomic E-state index is 0.0208. The van der Waals surface area contributed by atoms with Gasteiger partial charge in [-0.3, -0.25) is 9.59 Å². The average molecular weight is 317 g/mol. The first-order chi connectivity index (χ1) is 11.1. The highest BCUT2D eigenvalue weighted by Crippen LogP contribution is 2.26. The van der Waals surface area contributed by atoms with E-state index in [1.165, 1.54) is 24.0 Å². The Morgan fingerprint density at radius 2 is 1.96 bits per heavy atom. The van der Waals surface area contributed by atoms with Crippen LogP contribution in [0.25, 0.3) is 0 Å². The fraction of sp³-hybridized carbons (Fsp3) is 0.556. The topological polar surface area (TPSA) is 75.6 Å². The van der Waals surface area contributed by atoms with E-state index in [2.05, 4.69) is 11.4 Å². The van der Waals surface area contributed by atoms with Crippen molar-refractivity contribution in [3.8, 4) is 5.75 Å². The van der Waals surface area contributed by atoms with Crippen molar-refractivity contribution in [2.75, 3.05) is 6.61 Å². The van der Waals surface area contributed by atoms with E-state index >= 15 is 0 Å². The first-order valence-electron chi connectivity index (χ1n) is 8.38. The van der Waals surface area contributed by atoms with Crippen molar-refractivity contribution in [1.82, 2.24) is 5.32 Å². The van der Waals surface area contributed by atoms with Gasteiger partial charge in [0.15, 0.2) is 6.61 Å². The zero-order chi connectivity index (χ0) is 16.2. The third kappa shape index (κ3) is 4.03. The second-order valence-electron chi connectivity index (χ2n) is 6.54. The van der Waals surface area contributed by atoms with E-state index in [0.29, 0.717) is 12.8 Å². The van der Waals surface area contributed by atoms with Crippen molar-refractivity contribution in [3.05, 3.63) is 29.3 Å². The number of carbonyl (C=O) groups excluding carboxylic acids is 1. The van der Waals surface area contributed by atoms with E-state index in [4.69, 9.17) is 9.84 Å². The van der Waals surface area contributed by atoms with Gasteiger partial charge in [-0.15, -0.1) is 0 Å². The summed E-state index contributed by atoms with van der Waals surface area (Å²) in [5, 5.41) is 11.8. The van der Waals surface area contributed by atoms with Crippen LogP contribution < -0.4 is 10.1 Å². The maximum absolute atomic E-state index is 12.0. The van der Waals surface area contributed by atoms with E-state index < -0.39 is 5.97 Å². The second kappa shape index (κ2) is 7.02. The molecule has 1 aromatic carbocycles. The maximum atomic E-state index is 12.0. The van der Waals surface area contributed by atoms with E-state index in [9.17, 15) is 9.59 Å². The van der Waals surface area contributed by atoms with Crippen LogP contribution in [-0.4, -0.2) is 29.6 Å². The van der Waals surface area contributed by atoms with Gasteiger partial charge in [0, 0.05) is 6.04 Å². The number of carboxylic acid groups (broad SMARTS) is 1. The number of hydrogen-bond acceptors (Lipinski definition) is 3. The van der Waals surface area contributed by atoms with E-state index in [0.717, 1.165) is 25.0 Å². The van der Waals surface area contributed by atoms with Crippen LogP contribution in [0, 0.1) is 5.92 Å². The zero-order valence-electron chi connectivity index (χ0n) is 13.2. The Balaban J connectivity index is 1.47. The van der Waals surface area contributed by atoms with Crippen LogP contribution in [0.2, 0.25) is 0 Å². The highest BCUT2D eigenvalue weighted by molar-refractivity contribution is 5.78. The molecular formula is C18H23NO4. The summed E-state index contributed by atoms with van der Waals surface area (Å²) in [7, 11) is 0. The SMILES string of the molecule is O=C(COc1ccc2c(c1)CCCC2)N[C@H]1CC[C@@H](C(=O)O)C1. The number of aryl methyl sites for hydroxylation is 2. The normalized spacial score (nSPS) is 23.1. The van der Waals surface area contributed by atoms with E-state index in [1.807, 2.05) is 12.1 Å². The lowest BCUT2D eigenvalue weighted by atomic mass is 9.92. The van der Waals surface area contributed by atoms with Crippen LogP contribution in [0.4, 0.5) is 0 Å². The Morgan fingerprint density at radius 1 is 1.17 bits per heavy atom. The number of aliphatic carboxylic acids is 1. The zero-order valence-corrected chi connectivity index (χ0v) is 13.2. The summed E-state index contributed by atoms with van der Waals surface area (Å²) >= 11 is 0. The number of carboxylic acids is 1. The van der Waals surface area contributed by atoms with Crippen LogP contribution >= 0.6 is 0 Å². The first kappa shape index (κ1) is 15.8. The molecule has 3 rings (SSSR count). The number of fused-ring (bicyclic) bond motifs is 1. The molecule has 2 aliphatic carbocycles. The molecule has 2 N–H and O–H groups in total. The summed E-state index contributed by atoms with van der Waals surface area (Å²) in [4.78, 5) is 22.9. The van der Waals surface area contributed by atoms with Gasteiger partial charge in [-0.1, -0.05) is 6.07 Å². The van der Waals surface area contributed by atoms with Gasteiger partial charge in [-0.2, -0.15) is 0 Å². The molecule has 0 radical (unpaired) electrons. The van der Waals surface area contributed by atoms with Crippen LogP contribution in [0.15, 0.2) is 18.2 Å². The molecule has 2 atom stereocenters. The highest BCUT2D eigenvalue weighted by atomic mass is 16.5. The summed E-state index contributed by atoms with van der Waals surface area (Å²) in [5.41, 5.74) is 2.72. The number of amides is 1. The van der Waals surface area contributed by atoms with Gasteiger partial charge in [-0.05, 0) is 68.2 Å². The molecule has 0 bridgehead atoms. The second-order valence-corrected chi connectivity index (χ2v) is 6.54. The molecule has 0 spiro atoms. The summed E-state index contributed by atoms with van der Waals surface area (Å²) in [6.07, 6.45) is 6.53. The summed E-state index contributed by atoms with van der Waals surface area (Å²) in [5.74, 6) is -0.552. The fourth-order valence-electron chi connectivity index (χ4n) is 3.55. The quantitative estimate of drug-likeness (QED) is 0.874. The highest BCUT2D eigenvalue weighted by Gasteiger charge is 2.30. The number of ether oxygens (including phenoxy) is 1. The largest absolute Gasteiger partial charge is 0.484 e. The van der Waals surface area contributed by atoms with E-state index in [1.54, 1.807) is 0 Å². The number of carbonyl (C=O) groups is 2. The predicted molar refractivity (Wildman–Crippen MR) is 85.5 cm³/mol. The Labute approximate surface area is 136 Å². The minimum atomic E-state index is -0.771. The van der Waals surface area contributed by atoms with Crippen LogP contribution in [0.1, 0.15) is 43.2 Å². The molecule has 0 heterocycles. The Morgan fingerprint density at radius 3 is 2.70 bits per heavy atom. The third-order valence-corrected chi connectivity index (χ3v) is 4.84. The monoisotopic (exact) mass is 317 g/mol. The minimum Gasteiger partial charge on any atom is -0.484 e. The molecule has 0 saturated heterocycles. The maximum Gasteiger partial charge on any atom is 0.306 e. The van der Waals surface area contributed by atoms with Crippen LogP contribution in [0.5, 0.6) is 5.75 Å². The lowest BCUT2D eigenvalue weighted by Crippen LogP contribution is -2.36. The lowest BCUT2D eigenvalue weighted by molar-refractivity contribution is -0.141. The van der Waals surface area contributed by atoms with Gasteiger partial charge in [-0.25, -0.2) is 0 Å². The molecule has 0 aromatic heterocycles. The first-order valence-corrected chi connectivity index (χ1v) is 8.38. The standard InChI is InChI=1S/C18H23NO4/c20-17(19-15-7-5-14(9-15)18(21)22)11-23-16-8-6-12-3-1-2-4-13(12)10-16/h6,8,10,14-15H,1-5,7,9,11H2,(H,19,20)(H,21,22)/t14-,15+/m1/s1. The molecule has 5 heteroatoms. The lowest BCUT2D eigenvalue weighted by Gasteiger charge is -2.17. The van der Waals surface area contributed by atoms with Gasteiger partial charge < -0.3 is 15.2 Å². The smallest absolute Gasteiger partial charge is 0.306 e. The number of rotatable bonds is 5. The molecule has 1 fully saturated rings. The average Bonchev–Trinajstić information content (AvgIpc) is 3.01. The van der Waals surface area contributed by atoms with Crippen molar-refractivity contribution in [3.63, 3.8) is 0 Å². The number of benzene rings is 1. The molecular weight excluding hydrogens is 294 g/mol. The molecule has 0 aliphatic heterocycles. The van der Waals surface area contributed by atoms with Crippen molar-refractivity contribution < 1.29 is 19.4 Å². The summed E-state index contributed by atoms with van der Waals surface area (Å²) < 4.78 is 5.59. The van der Waals surface area contributed by atoms with Crippen LogP contribution in [0.3, 0.4) is 0 Å². The fourth-order valence-corrected chi connectivity index (χ4v) is 3.55. The van der Waals surface area contributed by atoms with Crippen LogP contribution in [-0.2, 0) is 22.4 Å². The molecule has 0 unspecified atom stereocenters. The van der Waals surface area contributed by atoms with Gasteiger partial charge in [0.2, 0.25) is 0 Å². The Bertz CT molecular complexity index is 599. The molecule has 1 aromatic rings. The van der Waals surface area contributed by atoms with Gasteiger partial charge in [0.05, 0.1) is 5.92 Å².